The number of unbranched alkanes of at least 4 members (excludes halogenated alkanes) is 1. The number of hydrogen-bond acceptors (Lipinski definition) is 4. The van der Waals surface area contributed by atoms with Gasteiger partial charge in [0.15, 0.2) is 5.96 Å². The largest absolute Gasteiger partial charge is 0.379 e. The minimum atomic E-state index is 0.636. The minimum absolute atomic E-state index is 0.636. The summed E-state index contributed by atoms with van der Waals surface area (Å²) in [4.78, 5) is 8.47. The highest BCUT2D eigenvalue weighted by atomic mass is 16.5. The van der Waals surface area contributed by atoms with Gasteiger partial charge in [-0.1, -0.05) is 19.4 Å². The molecule has 0 unspecified atom stereocenters. The van der Waals surface area contributed by atoms with Gasteiger partial charge in [-0.3, -0.25) is 9.98 Å². The standard InChI is InChI=1S/C17H30N4O2/c1-3-4-12-22-14-15-23-13-11-21-17(18-2)20-10-8-16-7-5-6-9-19-16/h5-7,9H,3-4,8,10-15H2,1-2H3,(H2,18,20,21). The molecule has 0 atom stereocenters. The Morgan fingerprint density at radius 1 is 1.09 bits per heavy atom. The van der Waals surface area contributed by atoms with Crippen LogP contribution in [0.5, 0.6) is 0 Å². The maximum Gasteiger partial charge on any atom is 0.191 e. The van der Waals surface area contributed by atoms with E-state index in [1.165, 1.54) is 0 Å². The van der Waals surface area contributed by atoms with Crippen LogP contribution >= 0.6 is 0 Å². The van der Waals surface area contributed by atoms with Crippen LogP contribution in [0.3, 0.4) is 0 Å². The Balaban J connectivity index is 1.97. The third-order valence-electron chi connectivity index (χ3n) is 3.18. The highest BCUT2D eigenvalue weighted by molar-refractivity contribution is 5.79. The lowest BCUT2D eigenvalue weighted by Crippen LogP contribution is -2.40. The van der Waals surface area contributed by atoms with Gasteiger partial charge in [0.25, 0.3) is 0 Å². The number of nitrogens with zero attached hydrogens (tertiary/aromatic N) is 2. The Kier molecular flexibility index (Phi) is 11.8. The van der Waals surface area contributed by atoms with Crippen molar-refractivity contribution in [3.63, 3.8) is 0 Å². The molecule has 0 fully saturated rings. The Hall–Kier alpha value is -1.66. The van der Waals surface area contributed by atoms with Gasteiger partial charge in [-0.25, -0.2) is 0 Å². The zero-order valence-corrected chi connectivity index (χ0v) is 14.4. The van der Waals surface area contributed by atoms with Gasteiger partial charge >= 0.3 is 0 Å². The predicted octanol–water partition coefficient (Wildman–Crippen LogP) is 1.62. The molecule has 0 aliphatic rings. The topological polar surface area (TPSA) is 67.8 Å². The molecule has 1 aromatic rings. The van der Waals surface area contributed by atoms with E-state index in [1.807, 2.05) is 24.4 Å². The van der Waals surface area contributed by atoms with Gasteiger partial charge in [-0.05, 0) is 18.6 Å². The first-order valence-electron chi connectivity index (χ1n) is 8.36. The summed E-state index contributed by atoms with van der Waals surface area (Å²) in [7, 11) is 1.76. The second kappa shape index (κ2) is 14.0. The molecule has 130 valence electrons. The summed E-state index contributed by atoms with van der Waals surface area (Å²) < 4.78 is 10.9. The molecule has 0 spiro atoms. The Morgan fingerprint density at radius 2 is 1.87 bits per heavy atom. The summed E-state index contributed by atoms with van der Waals surface area (Å²) in [6, 6.07) is 5.94. The maximum absolute atomic E-state index is 5.50. The SMILES string of the molecule is CCCCOCCOCCNC(=NC)NCCc1ccccn1. The van der Waals surface area contributed by atoms with E-state index in [9.17, 15) is 0 Å². The Labute approximate surface area is 139 Å². The van der Waals surface area contributed by atoms with Gasteiger partial charge in [-0.2, -0.15) is 0 Å². The molecule has 0 aliphatic heterocycles. The first-order chi connectivity index (χ1) is 11.4. The highest BCUT2D eigenvalue weighted by Gasteiger charge is 1.98. The summed E-state index contributed by atoms with van der Waals surface area (Å²) >= 11 is 0. The van der Waals surface area contributed by atoms with Gasteiger partial charge in [-0.15, -0.1) is 0 Å². The number of rotatable bonds is 12. The average molecular weight is 322 g/mol. The smallest absolute Gasteiger partial charge is 0.191 e. The van der Waals surface area contributed by atoms with E-state index in [2.05, 4.69) is 27.5 Å². The molecule has 0 radical (unpaired) electrons. The summed E-state index contributed by atoms with van der Waals surface area (Å²) in [6.07, 6.45) is 4.96. The fourth-order valence-corrected chi connectivity index (χ4v) is 1.89. The molecule has 0 aliphatic carbocycles. The summed E-state index contributed by atoms with van der Waals surface area (Å²) in [5, 5.41) is 6.48. The number of ether oxygens (including phenoxy) is 2. The molecule has 0 amide bonds. The summed E-state index contributed by atoms with van der Waals surface area (Å²) in [5.41, 5.74) is 1.07. The van der Waals surface area contributed by atoms with E-state index in [0.717, 1.165) is 50.6 Å². The van der Waals surface area contributed by atoms with Crippen molar-refractivity contribution < 1.29 is 9.47 Å². The van der Waals surface area contributed by atoms with E-state index < -0.39 is 0 Å². The van der Waals surface area contributed by atoms with Crippen molar-refractivity contribution in [2.45, 2.75) is 26.2 Å². The quantitative estimate of drug-likeness (QED) is 0.348. The summed E-state index contributed by atoms with van der Waals surface area (Å²) in [6.45, 7) is 6.43. The van der Waals surface area contributed by atoms with Gasteiger partial charge < -0.3 is 20.1 Å². The van der Waals surface area contributed by atoms with Crippen LogP contribution in [0.15, 0.2) is 29.4 Å². The van der Waals surface area contributed by atoms with E-state index >= 15 is 0 Å². The predicted molar refractivity (Wildman–Crippen MR) is 93.9 cm³/mol. The second-order valence-electron chi connectivity index (χ2n) is 5.08. The molecule has 1 rings (SSSR count). The molecular weight excluding hydrogens is 292 g/mol. The van der Waals surface area contributed by atoms with Gasteiger partial charge in [0.2, 0.25) is 0 Å². The molecule has 23 heavy (non-hydrogen) atoms. The van der Waals surface area contributed by atoms with Crippen molar-refractivity contribution in [2.75, 3.05) is 46.6 Å². The third-order valence-corrected chi connectivity index (χ3v) is 3.18. The highest BCUT2D eigenvalue weighted by Crippen LogP contribution is 1.93. The minimum Gasteiger partial charge on any atom is -0.379 e. The van der Waals surface area contributed by atoms with Crippen molar-refractivity contribution in [3.05, 3.63) is 30.1 Å². The van der Waals surface area contributed by atoms with E-state index in [0.29, 0.717) is 19.8 Å². The fourth-order valence-electron chi connectivity index (χ4n) is 1.89. The number of pyridine rings is 1. The molecule has 0 saturated heterocycles. The number of aliphatic imine (C=N–C) groups is 1. The van der Waals surface area contributed by atoms with Gasteiger partial charge in [0.05, 0.1) is 19.8 Å². The zero-order chi connectivity index (χ0) is 16.6. The number of guanidine groups is 1. The lowest BCUT2D eigenvalue weighted by Gasteiger charge is -2.12. The molecule has 0 bridgehead atoms. The maximum atomic E-state index is 5.50. The van der Waals surface area contributed by atoms with Crippen molar-refractivity contribution >= 4 is 5.96 Å². The molecule has 6 nitrogen and oxygen atoms in total. The average Bonchev–Trinajstić information content (AvgIpc) is 2.59. The number of nitrogens with one attached hydrogen (secondary N) is 2. The normalized spacial score (nSPS) is 11.5. The molecule has 6 heteroatoms. The van der Waals surface area contributed by atoms with Crippen LogP contribution in [0.2, 0.25) is 0 Å². The number of hydrogen-bond donors (Lipinski definition) is 2. The van der Waals surface area contributed by atoms with Crippen LogP contribution in [0, 0.1) is 0 Å². The fraction of sp³-hybridized carbons (Fsp3) is 0.647. The van der Waals surface area contributed by atoms with E-state index in [1.54, 1.807) is 7.05 Å². The van der Waals surface area contributed by atoms with Crippen LogP contribution in [0.25, 0.3) is 0 Å². The van der Waals surface area contributed by atoms with Crippen LogP contribution < -0.4 is 10.6 Å². The summed E-state index contributed by atoms with van der Waals surface area (Å²) in [5.74, 6) is 0.781. The molecule has 1 aromatic heterocycles. The Morgan fingerprint density at radius 3 is 2.57 bits per heavy atom. The monoisotopic (exact) mass is 322 g/mol. The van der Waals surface area contributed by atoms with Gasteiger partial charge in [0, 0.05) is 45.1 Å². The van der Waals surface area contributed by atoms with Gasteiger partial charge in [0.1, 0.15) is 0 Å². The van der Waals surface area contributed by atoms with Crippen LogP contribution in [0.4, 0.5) is 0 Å². The van der Waals surface area contributed by atoms with Crippen molar-refractivity contribution in [2.24, 2.45) is 4.99 Å². The van der Waals surface area contributed by atoms with Crippen molar-refractivity contribution in [1.82, 2.24) is 15.6 Å². The first kappa shape index (κ1) is 19.4. The molecule has 1 heterocycles. The van der Waals surface area contributed by atoms with Crippen LogP contribution in [-0.2, 0) is 15.9 Å². The van der Waals surface area contributed by atoms with Crippen molar-refractivity contribution in [1.29, 1.82) is 0 Å². The lowest BCUT2D eigenvalue weighted by molar-refractivity contribution is 0.0487. The molecular formula is C17H30N4O2. The molecule has 0 saturated carbocycles. The number of aromatic nitrogens is 1. The first-order valence-corrected chi connectivity index (χ1v) is 8.36. The molecule has 2 N–H and O–H groups in total. The lowest BCUT2D eigenvalue weighted by atomic mass is 10.3. The third kappa shape index (κ3) is 10.7. The Bertz CT molecular complexity index is 412. The zero-order valence-electron chi connectivity index (χ0n) is 14.4. The van der Waals surface area contributed by atoms with Crippen LogP contribution in [-0.4, -0.2) is 57.5 Å². The van der Waals surface area contributed by atoms with E-state index in [4.69, 9.17) is 9.47 Å². The van der Waals surface area contributed by atoms with Crippen LogP contribution in [0.1, 0.15) is 25.5 Å². The second-order valence-corrected chi connectivity index (χ2v) is 5.08. The molecule has 0 aromatic carbocycles. The van der Waals surface area contributed by atoms with Crippen molar-refractivity contribution in [3.8, 4) is 0 Å². The van der Waals surface area contributed by atoms with E-state index in [-0.39, 0.29) is 0 Å².